The Morgan fingerprint density at radius 2 is 1.71 bits per heavy atom. The smallest absolute Gasteiger partial charge is 0.164 e. The van der Waals surface area contributed by atoms with Crippen LogP contribution in [0, 0.1) is 17.5 Å². The molecule has 0 aliphatic heterocycles. The zero-order chi connectivity index (χ0) is 15.1. The first-order chi connectivity index (χ1) is 9.95. The quantitative estimate of drug-likeness (QED) is 0.553. The number of hydrogen-bond donors (Lipinski definition) is 0. The third kappa shape index (κ3) is 2.61. The maximum atomic E-state index is 14.0. The normalized spacial score (nSPS) is 11.1. The van der Waals surface area contributed by atoms with E-state index in [-0.39, 0.29) is 22.1 Å². The minimum absolute atomic E-state index is 0.0149. The maximum Gasteiger partial charge on any atom is 0.164 e. The van der Waals surface area contributed by atoms with Crippen molar-refractivity contribution in [1.29, 1.82) is 0 Å². The van der Waals surface area contributed by atoms with Crippen molar-refractivity contribution < 1.29 is 13.2 Å². The highest BCUT2D eigenvalue weighted by molar-refractivity contribution is 9.10. The molecule has 0 spiro atoms. The molecular weight excluding hydrogens is 369 g/mol. The van der Waals surface area contributed by atoms with Crippen LogP contribution in [0.1, 0.15) is 0 Å². The van der Waals surface area contributed by atoms with E-state index in [1.165, 1.54) is 12.1 Å². The third-order valence-electron chi connectivity index (χ3n) is 2.84. The molecule has 2 nitrogen and oxygen atoms in total. The second-order valence-corrected chi connectivity index (χ2v) is 5.52. The van der Waals surface area contributed by atoms with Crippen LogP contribution < -0.4 is 0 Å². The van der Waals surface area contributed by atoms with Crippen molar-refractivity contribution in [2.75, 3.05) is 0 Å². The van der Waals surface area contributed by atoms with Gasteiger partial charge in [0.2, 0.25) is 0 Å². The van der Waals surface area contributed by atoms with Gasteiger partial charge >= 0.3 is 0 Å². The Morgan fingerprint density at radius 3 is 2.43 bits per heavy atom. The molecule has 0 saturated heterocycles. The molecule has 0 bridgehead atoms. The van der Waals surface area contributed by atoms with E-state index in [2.05, 4.69) is 25.9 Å². The van der Waals surface area contributed by atoms with Crippen molar-refractivity contribution in [2.24, 2.45) is 0 Å². The molecule has 3 aromatic rings. The van der Waals surface area contributed by atoms with Crippen LogP contribution in [0.5, 0.6) is 0 Å². The summed E-state index contributed by atoms with van der Waals surface area (Å²) in [5.74, 6) is -2.29. The second kappa shape index (κ2) is 5.27. The molecule has 1 heterocycles. The van der Waals surface area contributed by atoms with Crippen LogP contribution in [0.25, 0.3) is 22.3 Å². The molecule has 3 rings (SSSR count). The van der Waals surface area contributed by atoms with Gasteiger partial charge in [-0.15, -0.1) is 0 Å². The number of benzene rings is 2. The molecule has 106 valence electrons. The molecule has 7 heteroatoms. The van der Waals surface area contributed by atoms with Crippen LogP contribution in [0.3, 0.4) is 0 Å². The van der Waals surface area contributed by atoms with Crippen molar-refractivity contribution in [1.82, 2.24) is 9.97 Å². The Morgan fingerprint density at radius 1 is 0.952 bits per heavy atom. The fourth-order valence-corrected chi connectivity index (χ4v) is 2.57. The van der Waals surface area contributed by atoms with Gasteiger partial charge in [0.25, 0.3) is 0 Å². The Bertz CT molecular complexity index is 870. The summed E-state index contributed by atoms with van der Waals surface area (Å²) in [6, 6.07) is 5.73. The maximum absolute atomic E-state index is 14.0. The summed E-state index contributed by atoms with van der Waals surface area (Å²) >= 11 is 9.15. The van der Waals surface area contributed by atoms with Gasteiger partial charge in [-0.2, -0.15) is 0 Å². The van der Waals surface area contributed by atoms with Crippen molar-refractivity contribution in [3.05, 3.63) is 57.4 Å². The average molecular weight is 374 g/mol. The Hall–Kier alpha value is -1.66. The Labute approximate surface area is 130 Å². The van der Waals surface area contributed by atoms with Crippen LogP contribution in [0.2, 0.25) is 5.15 Å². The number of fused-ring (bicyclic) bond motifs is 1. The summed E-state index contributed by atoms with van der Waals surface area (Å²) < 4.78 is 41.1. The van der Waals surface area contributed by atoms with Crippen LogP contribution in [-0.4, -0.2) is 9.97 Å². The first kappa shape index (κ1) is 14.3. The summed E-state index contributed by atoms with van der Waals surface area (Å²) in [6.45, 7) is 0. The highest BCUT2D eigenvalue weighted by atomic mass is 79.9. The van der Waals surface area contributed by atoms with Crippen molar-refractivity contribution in [3.63, 3.8) is 0 Å². The fraction of sp³-hybridized carbons (Fsp3) is 0. The third-order valence-corrected chi connectivity index (χ3v) is 3.59. The van der Waals surface area contributed by atoms with Gasteiger partial charge in [0, 0.05) is 15.9 Å². The zero-order valence-electron chi connectivity index (χ0n) is 10.2. The zero-order valence-corrected chi connectivity index (χ0v) is 12.5. The summed E-state index contributed by atoms with van der Waals surface area (Å²) in [5.41, 5.74) is -0.0838. The van der Waals surface area contributed by atoms with E-state index in [0.717, 1.165) is 6.07 Å². The lowest BCUT2D eigenvalue weighted by molar-refractivity contribution is 0.585. The minimum Gasteiger partial charge on any atom is -0.225 e. The van der Waals surface area contributed by atoms with Crippen LogP contribution in [0.4, 0.5) is 13.2 Å². The predicted octanol–water partition coefficient (Wildman–Crippen LogP) is 5.13. The first-order valence-electron chi connectivity index (χ1n) is 5.73. The largest absolute Gasteiger partial charge is 0.225 e. The van der Waals surface area contributed by atoms with Gasteiger partial charge in [0.05, 0.1) is 5.56 Å². The van der Waals surface area contributed by atoms with Gasteiger partial charge in [0.15, 0.2) is 11.6 Å². The molecule has 1 aromatic heterocycles. The Kier molecular flexibility index (Phi) is 3.59. The molecule has 0 aliphatic rings. The summed E-state index contributed by atoms with van der Waals surface area (Å²) in [6.07, 6.45) is 0. The van der Waals surface area contributed by atoms with E-state index in [1.54, 1.807) is 6.07 Å². The average Bonchev–Trinajstić information content (AvgIpc) is 2.40. The second-order valence-electron chi connectivity index (χ2n) is 4.25. The number of rotatable bonds is 1. The van der Waals surface area contributed by atoms with Gasteiger partial charge in [-0.1, -0.05) is 27.5 Å². The molecule has 21 heavy (non-hydrogen) atoms. The summed E-state index contributed by atoms with van der Waals surface area (Å²) in [5, 5.41) is 0.286. The van der Waals surface area contributed by atoms with Gasteiger partial charge in [0.1, 0.15) is 22.3 Å². The summed E-state index contributed by atoms with van der Waals surface area (Å²) in [7, 11) is 0. The van der Waals surface area contributed by atoms with Crippen LogP contribution in [-0.2, 0) is 0 Å². The van der Waals surface area contributed by atoms with Crippen molar-refractivity contribution in [3.8, 4) is 11.4 Å². The lowest BCUT2D eigenvalue weighted by Crippen LogP contribution is -1.96. The minimum atomic E-state index is -0.845. The molecule has 0 atom stereocenters. The SMILES string of the molecule is Fc1ccc(-c2nc(Cl)c3cc(Br)cc(F)c3n2)c(F)c1. The number of aromatic nitrogens is 2. The van der Waals surface area contributed by atoms with Crippen LogP contribution >= 0.6 is 27.5 Å². The molecule has 0 saturated carbocycles. The number of nitrogens with zero attached hydrogens (tertiary/aromatic N) is 2. The molecular formula is C14H5BrClF3N2. The van der Waals surface area contributed by atoms with Gasteiger partial charge in [-0.05, 0) is 24.3 Å². The van der Waals surface area contributed by atoms with E-state index < -0.39 is 17.5 Å². The van der Waals surface area contributed by atoms with Gasteiger partial charge in [-0.3, -0.25) is 0 Å². The predicted molar refractivity (Wildman–Crippen MR) is 77.6 cm³/mol. The van der Waals surface area contributed by atoms with Crippen molar-refractivity contribution >= 4 is 38.4 Å². The van der Waals surface area contributed by atoms with Crippen LogP contribution in [0.15, 0.2) is 34.8 Å². The van der Waals surface area contributed by atoms with E-state index in [4.69, 9.17) is 11.6 Å². The molecule has 0 radical (unpaired) electrons. The lowest BCUT2D eigenvalue weighted by Gasteiger charge is -2.07. The van der Waals surface area contributed by atoms with Gasteiger partial charge in [-0.25, -0.2) is 23.1 Å². The number of hydrogen-bond acceptors (Lipinski definition) is 2. The van der Waals surface area contributed by atoms with Gasteiger partial charge < -0.3 is 0 Å². The fourth-order valence-electron chi connectivity index (χ4n) is 1.91. The van der Waals surface area contributed by atoms with E-state index in [0.29, 0.717) is 15.9 Å². The summed E-state index contributed by atoms with van der Waals surface area (Å²) in [4.78, 5) is 7.93. The monoisotopic (exact) mass is 372 g/mol. The Balaban J connectivity index is 2.30. The molecule has 0 amide bonds. The lowest BCUT2D eigenvalue weighted by atomic mass is 10.1. The molecule has 0 N–H and O–H groups in total. The molecule has 0 unspecified atom stereocenters. The van der Waals surface area contributed by atoms with E-state index >= 15 is 0 Å². The van der Waals surface area contributed by atoms with Crippen molar-refractivity contribution in [2.45, 2.75) is 0 Å². The topological polar surface area (TPSA) is 25.8 Å². The molecule has 0 aliphatic carbocycles. The molecule has 2 aromatic carbocycles. The standard InChI is InChI=1S/C14H5BrClF3N2/c15-6-3-9-12(11(19)4-6)20-14(21-13(9)16)8-2-1-7(17)5-10(8)18/h1-5H. The number of halogens is 5. The highest BCUT2D eigenvalue weighted by Crippen LogP contribution is 2.30. The van der Waals surface area contributed by atoms with E-state index in [1.807, 2.05) is 0 Å². The van der Waals surface area contributed by atoms with E-state index in [9.17, 15) is 13.2 Å². The molecule has 0 fully saturated rings. The highest BCUT2D eigenvalue weighted by Gasteiger charge is 2.15. The first-order valence-corrected chi connectivity index (χ1v) is 6.90.